The summed E-state index contributed by atoms with van der Waals surface area (Å²) in [4.78, 5) is 0.377. The Balaban J connectivity index is 2.20. The van der Waals surface area contributed by atoms with E-state index in [1.165, 1.54) is 17.1 Å². The van der Waals surface area contributed by atoms with E-state index in [4.69, 9.17) is 0 Å². The summed E-state index contributed by atoms with van der Waals surface area (Å²) in [6, 6.07) is 7.88. The molecule has 1 aromatic rings. The van der Waals surface area contributed by atoms with Crippen LogP contribution < -0.4 is 5.32 Å². The van der Waals surface area contributed by atoms with Crippen molar-refractivity contribution in [3.05, 3.63) is 29.8 Å². The highest BCUT2D eigenvalue weighted by atomic mass is 32.2. The van der Waals surface area contributed by atoms with Gasteiger partial charge in [0, 0.05) is 25.2 Å². The number of rotatable bonds is 7. The zero-order valence-electron chi connectivity index (χ0n) is 13.4. The molecule has 1 aliphatic rings. The van der Waals surface area contributed by atoms with Crippen molar-refractivity contribution in [1.29, 1.82) is 0 Å². The van der Waals surface area contributed by atoms with Gasteiger partial charge in [-0.15, -0.1) is 0 Å². The molecule has 0 unspecified atom stereocenters. The molecule has 0 amide bonds. The van der Waals surface area contributed by atoms with Crippen molar-refractivity contribution < 1.29 is 8.42 Å². The van der Waals surface area contributed by atoms with E-state index in [1.807, 2.05) is 32.9 Å². The Morgan fingerprint density at radius 1 is 1.33 bits per heavy atom. The summed E-state index contributed by atoms with van der Waals surface area (Å²) in [7, 11) is -1.79. The second-order valence-electron chi connectivity index (χ2n) is 6.44. The Hall–Kier alpha value is -0.910. The highest BCUT2D eigenvalue weighted by Gasteiger charge is 2.32. The second kappa shape index (κ2) is 6.07. The van der Waals surface area contributed by atoms with Crippen molar-refractivity contribution in [2.45, 2.75) is 63.1 Å². The molecule has 0 saturated heterocycles. The van der Waals surface area contributed by atoms with Gasteiger partial charge < -0.3 is 5.32 Å². The predicted molar refractivity (Wildman–Crippen MR) is 85.6 cm³/mol. The first-order valence-electron chi connectivity index (χ1n) is 7.59. The van der Waals surface area contributed by atoms with Gasteiger partial charge in [0.25, 0.3) is 0 Å². The molecule has 5 heteroatoms. The maximum atomic E-state index is 12.7. The molecular weight excluding hydrogens is 284 g/mol. The van der Waals surface area contributed by atoms with Crippen LogP contribution in [0.4, 0.5) is 0 Å². The Labute approximate surface area is 128 Å². The summed E-state index contributed by atoms with van der Waals surface area (Å²) in [6.45, 7) is 6.63. The van der Waals surface area contributed by atoms with Crippen LogP contribution in [0.2, 0.25) is 0 Å². The lowest BCUT2D eigenvalue weighted by Gasteiger charge is -2.33. The van der Waals surface area contributed by atoms with Gasteiger partial charge in [0.2, 0.25) is 10.0 Å². The van der Waals surface area contributed by atoms with Crippen LogP contribution in [0.25, 0.3) is 0 Å². The van der Waals surface area contributed by atoms with Crippen LogP contribution in [0, 0.1) is 0 Å². The highest BCUT2D eigenvalue weighted by Crippen LogP contribution is 2.26. The van der Waals surface area contributed by atoms with Crippen molar-refractivity contribution in [2.75, 3.05) is 7.05 Å². The van der Waals surface area contributed by atoms with E-state index in [9.17, 15) is 8.42 Å². The topological polar surface area (TPSA) is 49.4 Å². The van der Waals surface area contributed by atoms with Crippen molar-refractivity contribution >= 4 is 10.0 Å². The Morgan fingerprint density at radius 3 is 2.57 bits per heavy atom. The summed E-state index contributed by atoms with van der Waals surface area (Å²) in [6.07, 6.45) is 3.22. The van der Waals surface area contributed by atoms with Crippen LogP contribution in [0.1, 0.15) is 45.6 Å². The van der Waals surface area contributed by atoms with Gasteiger partial charge in [0.05, 0.1) is 4.90 Å². The van der Waals surface area contributed by atoms with E-state index < -0.39 is 10.0 Å². The zero-order chi connectivity index (χ0) is 15.7. The molecule has 0 aromatic heterocycles. The molecule has 0 atom stereocenters. The number of hydrogen-bond donors (Lipinski definition) is 1. The number of nitrogens with one attached hydrogen (secondary N) is 1. The normalized spacial score (nSPS) is 16.4. The van der Waals surface area contributed by atoms with Crippen LogP contribution >= 0.6 is 0 Å². The van der Waals surface area contributed by atoms with Crippen LogP contribution in [-0.4, -0.2) is 31.4 Å². The number of hydrogen-bond acceptors (Lipinski definition) is 3. The average molecular weight is 310 g/mol. The molecule has 0 spiro atoms. The lowest BCUT2D eigenvalue weighted by atomic mass is 10.0. The highest BCUT2D eigenvalue weighted by molar-refractivity contribution is 7.89. The van der Waals surface area contributed by atoms with E-state index in [0.29, 0.717) is 10.9 Å². The van der Waals surface area contributed by atoms with Gasteiger partial charge in [-0.1, -0.05) is 19.1 Å². The van der Waals surface area contributed by atoms with Crippen LogP contribution in [0.3, 0.4) is 0 Å². The van der Waals surface area contributed by atoms with Gasteiger partial charge in [-0.25, -0.2) is 8.42 Å². The first kappa shape index (κ1) is 16.5. The van der Waals surface area contributed by atoms with Gasteiger partial charge in [-0.05, 0) is 50.8 Å². The van der Waals surface area contributed by atoms with E-state index in [1.54, 1.807) is 19.2 Å². The first-order valence-corrected chi connectivity index (χ1v) is 9.03. The van der Waals surface area contributed by atoms with Crippen LogP contribution in [0.15, 0.2) is 29.2 Å². The quantitative estimate of drug-likeness (QED) is 0.842. The van der Waals surface area contributed by atoms with E-state index in [2.05, 4.69) is 5.32 Å². The second-order valence-corrected chi connectivity index (χ2v) is 8.41. The summed E-state index contributed by atoms with van der Waals surface area (Å²) in [5.41, 5.74) is 0.631. The molecule has 0 heterocycles. The summed E-state index contributed by atoms with van der Waals surface area (Å²) in [5, 5.41) is 3.41. The van der Waals surface area contributed by atoms with Crippen LogP contribution in [0.5, 0.6) is 0 Å². The minimum Gasteiger partial charge on any atom is -0.310 e. The van der Waals surface area contributed by atoms with Gasteiger partial charge >= 0.3 is 0 Å². The molecule has 0 bridgehead atoms. The number of sulfonamides is 1. The first-order chi connectivity index (χ1) is 9.77. The fourth-order valence-corrected chi connectivity index (χ4v) is 3.72. The monoisotopic (exact) mass is 310 g/mol. The third kappa shape index (κ3) is 3.84. The Bertz CT molecular complexity index is 592. The minimum atomic E-state index is -3.45. The van der Waals surface area contributed by atoms with Gasteiger partial charge in [-0.3, -0.25) is 0 Å². The molecule has 1 aromatic carbocycles. The summed E-state index contributed by atoms with van der Waals surface area (Å²) < 4.78 is 27.0. The van der Waals surface area contributed by atoms with Crippen LogP contribution in [-0.2, 0) is 16.6 Å². The largest absolute Gasteiger partial charge is 0.310 e. The molecular formula is C16H26N2O2S. The Morgan fingerprint density at radius 2 is 2.00 bits per heavy atom. The van der Waals surface area contributed by atoms with Crippen molar-refractivity contribution in [3.63, 3.8) is 0 Å². The lowest BCUT2D eigenvalue weighted by molar-refractivity contribution is 0.257. The van der Waals surface area contributed by atoms with Crippen molar-refractivity contribution in [3.8, 4) is 0 Å². The van der Waals surface area contributed by atoms with Gasteiger partial charge in [-0.2, -0.15) is 4.31 Å². The molecule has 0 aliphatic heterocycles. The van der Waals surface area contributed by atoms with Crippen molar-refractivity contribution in [2.24, 2.45) is 0 Å². The number of benzene rings is 1. The standard InChI is InChI=1S/C16H26N2O2S/c1-5-16(2,3)18(4)21(19,20)15-8-6-7-13(11-15)12-17-14-9-10-14/h6-8,11,14,17H,5,9-10,12H2,1-4H3. The SMILES string of the molecule is CCC(C)(C)N(C)S(=O)(=O)c1cccc(CNC2CC2)c1. The van der Waals surface area contributed by atoms with Crippen molar-refractivity contribution in [1.82, 2.24) is 9.62 Å². The minimum absolute atomic E-state index is 0.377. The summed E-state index contributed by atoms with van der Waals surface area (Å²) >= 11 is 0. The van der Waals surface area contributed by atoms with E-state index in [-0.39, 0.29) is 5.54 Å². The van der Waals surface area contributed by atoms with Gasteiger partial charge in [0.15, 0.2) is 0 Å². The molecule has 118 valence electrons. The molecule has 1 aliphatic carbocycles. The smallest absolute Gasteiger partial charge is 0.243 e. The predicted octanol–water partition coefficient (Wildman–Crippen LogP) is 2.75. The molecule has 1 N–H and O–H groups in total. The third-order valence-electron chi connectivity index (χ3n) is 4.45. The van der Waals surface area contributed by atoms with E-state index >= 15 is 0 Å². The lowest BCUT2D eigenvalue weighted by Crippen LogP contribution is -2.44. The fourth-order valence-electron chi connectivity index (χ4n) is 2.07. The number of nitrogens with zero attached hydrogens (tertiary/aromatic N) is 1. The Kier molecular flexibility index (Phi) is 4.76. The molecule has 4 nitrogen and oxygen atoms in total. The fraction of sp³-hybridized carbons (Fsp3) is 0.625. The maximum absolute atomic E-state index is 12.7. The van der Waals surface area contributed by atoms with Gasteiger partial charge in [0.1, 0.15) is 0 Å². The van der Waals surface area contributed by atoms with E-state index in [0.717, 1.165) is 18.5 Å². The third-order valence-corrected chi connectivity index (χ3v) is 6.51. The molecule has 0 radical (unpaired) electrons. The summed E-state index contributed by atoms with van der Waals surface area (Å²) in [5.74, 6) is 0. The maximum Gasteiger partial charge on any atom is 0.243 e. The zero-order valence-corrected chi connectivity index (χ0v) is 14.2. The molecule has 2 rings (SSSR count). The molecule has 1 saturated carbocycles. The average Bonchev–Trinajstić information content (AvgIpc) is 3.28. The molecule has 21 heavy (non-hydrogen) atoms. The molecule has 1 fully saturated rings.